The van der Waals surface area contributed by atoms with Gasteiger partial charge in [0.05, 0.1) is 40.5 Å². The van der Waals surface area contributed by atoms with Crippen LogP contribution in [0.1, 0.15) is 22.3 Å². The Morgan fingerprint density at radius 2 is 1.28 bits per heavy atom. The van der Waals surface area contributed by atoms with E-state index in [-0.39, 0.29) is 5.28 Å². The van der Waals surface area contributed by atoms with Crippen molar-refractivity contribution in [1.29, 1.82) is 0 Å². The molecule has 39 heavy (non-hydrogen) atoms. The number of nitrogens with zero attached hydrogens (tertiary/aromatic N) is 4. The van der Waals surface area contributed by atoms with Gasteiger partial charge in [-0.15, -0.1) is 0 Å². The van der Waals surface area contributed by atoms with Gasteiger partial charge in [0.1, 0.15) is 23.0 Å². The van der Waals surface area contributed by atoms with Crippen molar-refractivity contribution in [2.24, 2.45) is 0 Å². The first-order valence-electron chi connectivity index (χ1n) is 12.3. The fraction of sp³-hybridized carbons (Fsp3) is 0.276. The maximum absolute atomic E-state index is 6.39. The number of ether oxygens (including phenoxy) is 4. The number of aromatic nitrogens is 3. The normalized spacial score (nSPS) is 10.6. The Kier molecular flexibility index (Phi) is 9.27. The smallest absolute Gasteiger partial charge is 0.232 e. The quantitative estimate of drug-likeness (QED) is 0.239. The molecule has 0 fully saturated rings. The molecule has 0 saturated heterocycles. The third kappa shape index (κ3) is 7.20. The summed E-state index contributed by atoms with van der Waals surface area (Å²) in [6, 6.07) is 19.6. The Morgan fingerprint density at radius 1 is 0.718 bits per heavy atom. The molecule has 204 valence electrons. The molecule has 0 amide bonds. The zero-order valence-electron chi connectivity index (χ0n) is 22.7. The number of benzene rings is 3. The molecular formula is C29H32ClN5O4. The summed E-state index contributed by atoms with van der Waals surface area (Å²) in [6.07, 6.45) is 0. The summed E-state index contributed by atoms with van der Waals surface area (Å²) in [7, 11) is 6.57. The molecule has 0 radical (unpaired) electrons. The van der Waals surface area contributed by atoms with Crippen molar-refractivity contribution in [3.63, 3.8) is 0 Å². The molecule has 0 aliphatic heterocycles. The Morgan fingerprint density at radius 3 is 1.82 bits per heavy atom. The van der Waals surface area contributed by atoms with Crippen molar-refractivity contribution in [2.75, 3.05) is 38.7 Å². The molecule has 1 N–H and O–H groups in total. The van der Waals surface area contributed by atoms with Crippen molar-refractivity contribution >= 4 is 23.5 Å². The minimum atomic E-state index is 0.0831. The van der Waals surface area contributed by atoms with E-state index >= 15 is 0 Å². The molecule has 4 rings (SSSR count). The first kappa shape index (κ1) is 27.8. The van der Waals surface area contributed by atoms with Gasteiger partial charge in [-0.3, -0.25) is 0 Å². The van der Waals surface area contributed by atoms with Gasteiger partial charge in [-0.1, -0.05) is 24.3 Å². The Hall–Kier alpha value is -4.24. The van der Waals surface area contributed by atoms with Gasteiger partial charge < -0.3 is 29.2 Å². The van der Waals surface area contributed by atoms with Crippen LogP contribution in [-0.2, 0) is 19.6 Å². The van der Waals surface area contributed by atoms with E-state index < -0.39 is 0 Å². The second-order valence-electron chi connectivity index (χ2n) is 8.78. The highest BCUT2D eigenvalue weighted by atomic mass is 35.5. The Bertz CT molecular complexity index is 1360. The minimum absolute atomic E-state index is 0.0831. The van der Waals surface area contributed by atoms with Crippen LogP contribution in [0, 0.1) is 6.92 Å². The lowest BCUT2D eigenvalue weighted by atomic mass is 10.1. The van der Waals surface area contributed by atoms with E-state index in [9.17, 15) is 0 Å². The van der Waals surface area contributed by atoms with Crippen molar-refractivity contribution in [2.45, 2.75) is 26.6 Å². The van der Waals surface area contributed by atoms with Gasteiger partial charge in [-0.2, -0.15) is 15.0 Å². The highest BCUT2D eigenvalue weighted by Crippen LogP contribution is 2.33. The van der Waals surface area contributed by atoms with Crippen LogP contribution in [0.25, 0.3) is 0 Å². The van der Waals surface area contributed by atoms with E-state index in [0.29, 0.717) is 43.0 Å². The molecule has 0 atom stereocenters. The lowest BCUT2D eigenvalue weighted by Gasteiger charge is -2.25. The van der Waals surface area contributed by atoms with Gasteiger partial charge >= 0.3 is 0 Å². The van der Waals surface area contributed by atoms with Crippen LogP contribution in [0.15, 0.2) is 60.7 Å². The van der Waals surface area contributed by atoms with Crippen molar-refractivity contribution in [3.05, 3.63) is 88.2 Å². The number of nitrogens with one attached hydrogen (secondary N) is 1. The fourth-order valence-electron chi connectivity index (χ4n) is 4.10. The summed E-state index contributed by atoms with van der Waals surface area (Å²) in [5, 5.41) is 3.33. The standard InChI is InChI=1S/C29H32ClN5O4/c1-19-14-25(38-4)24(26(15-19)39-5)18-35(17-21-8-12-23(37-3)13-9-21)29-33-27(30)32-28(34-29)31-16-20-6-10-22(36-2)11-7-20/h6-15H,16-18H2,1-5H3,(H,31,32,33,34). The molecule has 0 unspecified atom stereocenters. The topological polar surface area (TPSA) is 90.9 Å². The van der Waals surface area contributed by atoms with E-state index in [0.717, 1.165) is 33.8 Å². The minimum Gasteiger partial charge on any atom is -0.497 e. The number of rotatable bonds is 12. The lowest BCUT2D eigenvalue weighted by Crippen LogP contribution is -2.26. The second-order valence-corrected chi connectivity index (χ2v) is 9.12. The van der Waals surface area contributed by atoms with Crippen LogP contribution in [0.5, 0.6) is 23.0 Å². The molecule has 0 aliphatic carbocycles. The van der Waals surface area contributed by atoms with Crippen molar-refractivity contribution in [3.8, 4) is 23.0 Å². The predicted molar refractivity (Wildman–Crippen MR) is 152 cm³/mol. The molecule has 4 aromatic rings. The third-order valence-corrected chi connectivity index (χ3v) is 6.29. The SMILES string of the molecule is COc1ccc(CNc2nc(Cl)nc(N(Cc3ccc(OC)cc3)Cc3c(OC)cc(C)cc3OC)n2)cc1. The highest BCUT2D eigenvalue weighted by molar-refractivity contribution is 6.28. The van der Waals surface area contributed by atoms with Gasteiger partial charge in [-0.05, 0) is 71.6 Å². The molecule has 0 bridgehead atoms. The van der Waals surface area contributed by atoms with E-state index in [1.807, 2.05) is 72.5 Å². The van der Waals surface area contributed by atoms with E-state index in [2.05, 4.69) is 15.3 Å². The van der Waals surface area contributed by atoms with Gasteiger partial charge in [0.15, 0.2) is 0 Å². The maximum atomic E-state index is 6.39. The summed E-state index contributed by atoms with van der Waals surface area (Å²) >= 11 is 6.39. The number of hydrogen-bond donors (Lipinski definition) is 1. The summed E-state index contributed by atoms with van der Waals surface area (Å²) in [6.45, 7) is 3.39. The zero-order valence-corrected chi connectivity index (χ0v) is 23.5. The van der Waals surface area contributed by atoms with Gasteiger partial charge in [-0.25, -0.2) is 0 Å². The molecule has 1 aromatic heterocycles. The fourth-order valence-corrected chi connectivity index (χ4v) is 4.25. The summed E-state index contributed by atoms with van der Waals surface area (Å²) in [4.78, 5) is 15.5. The summed E-state index contributed by atoms with van der Waals surface area (Å²) < 4.78 is 22.0. The van der Waals surface area contributed by atoms with Crippen molar-refractivity contribution < 1.29 is 18.9 Å². The molecule has 0 aliphatic rings. The second kappa shape index (κ2) is 13.0. The summed E-state index contributed by atoms with van der Waals surface area (Å²) in [5.74, 6) is 3.77. The zero-order chi connectivity index (χ0) is 27.8. The molecule has 0 spiro atoms. The number of aryl methyl sites for hydroxylation is 1. The van der Waals surface area contributed by atoms with E-state index in [1.165, 1.54) is 0 Å². The number of hydrogen-bond acceptors (Lipinski definition) is 9. The molecule has 10 heteroatoms. The van der Waals surface area contributed by atoms with Gasteiger partial charge in [0, 0.05) is 13.1 Å². The molecule has 9 nitrogen and oxygen atoms in total. The largest absolute Gasteiger partial charge is 0.497 e. The van der Waals surface area contributed by atoms with E-state index in [1.54, 1.807) is 28.4 Å². The summed E-state index contributed by atoms with van der Waals surface area (Å²) in [5.41, 5.74) is 3.97. The molecular weight excluding hydrogens is 518 g/mol. The van der Waals surface area contributed by atoms with Gasteiger partial charge in [0.2, 0.25) is 17.2 Å². The Labute approximate surface area is 233 Å². The molecule has 3 aromatic carbocycles. The Balaban J connectivity index is 1.67. The van der Waals surface area contributed by atoms with Crippen LogP contribution in [0.3, 0.4) is 0 Å². The number of anilines is 2. The third-order valence-electron chi connectivity index (χ3n) is 6.12. The molecule has 0 saturated carbocycles. The highest BCUT2D eigenvalue weighted by Gasteiger charge is 2.20. The average molecular weight is 550 g/mol. The van der Waals surface area contributed by atoms with Crippen LogP contribution in [-0.4, -0.2) is 43.4 Å². The van der Waals surface area contributed by atoms with Crippen LogP contribution >= 0.6 is 11.6 Å². The predicted octanol–water partition coefficient (Wildman–Crippen LogP) is 5.69. The lowest BCUT2D eigenvalue weighted by molar-refractivity contribution is 0.383. The van der Waals surface area contributed by atoms with Crippen LogP contribution in [0.4, 0.5) is 11.9 Å². The number of halogens is 1. The first-order chi connectivity index (χ1) is 18.9. The molecule has 1 heterocycles. The van der Waals surface area contributed by atoms with Crippen LogP contribution in [0.2, 0.25) is 5.28 Å². The number of methoxy groups -OCH3 is 4. The first-order valence-corrected chi connectivity index (χ1v) is 12.7. The monoisotopic (exact) mass is 549 g/mol. The van der Waals surface area contributed by atoms with Crippen molar-refractivity contribution in [1.82, 2.24) is 15.0 Å². The maximum Gasteiger partial charge on any atom is 0.232 e. The van der Waals surface area contributed by atoms with E-state index in [4.69, 9.17) is 35.5 Å². The van der Waals surface area contributed by atoms with Crippen LogP contribution < -0.4 is 29.2 Å². The van der Waals surface area contributed by atoms with Gasteiger partial charge in [0.25, 0.3) is 0 Å². The average Bonchev–Trinajstić information content (AvgIpc) is 2.96.